The van der Waals surface area contributed by atoms with Gasteiger partial charge in [-0.1, -0.05) is 0 Å². The molecule has 0 saturated heterocycles. The van der Waals surface area contributed by atoms with Crippen molar-refractivity contribution in [1.29, 1.82) is 0 Å². The van der Waals surface area contributed by atoms with Crippen LogP contribution in [-0.2, 0) is 14.8 Å². The Bertz CT molecular complexity index is 810. The van der Waals surface area contributed by atoms with Gasteiger partial charge >= 0.3 is 5.97 Å². The molecule has 0 amide bonds. The second kappa shape index (κ2) is 6.12. The fraction of sp³-hybridized carbons (Fsp3) is 0.0833. The minimum absolute atomic E-state index is 0.0445. The van der Waals surface area contributed by atoms with E-state index >= 15 is 0 Å². The summed E-state index contributed by atoms with van der Waals surface area (Å²) in [7, 11) is -2.84. The zero-order chi connectivity index (χ0) is 16.3. The van der Waals surface area contributed by atoms with Crippen LogP contribution in [0.25, 0.3) is 0 Å². The second-order valence-corrected chi connectivity index (χ2v) is 6.58. The number of nitrogens with one attached hydrogen (secondary N) is 1. The highest BCUT2D eigenvalue weighted by atomic mass is 32.2. The smallest absolute Gasteiger partial charge is 0.349 e. The Labute approximate surface area is 129 Å². The minimum Gasteiger partial charge on any atom is -0.465 e. The van der Waals surface area contributed by atoms with E-state index in [1.165, 1.54) is 35.7 Å². The molecule has 2 aromatic rings. The van der Waals surface area contributed by atoms with Crippen molar-refractivity contribution >= 4 is 38.7 Å². The van der Waals surface area contributed by atoms with E-state index < -0.39 is 20.9 Å². The molecule has 116 valence electrons. The van der Waals surface area contributed by atoms with Crippen molar-refractivity contribution in [2.45, 2.75) is 4.90 Å². The molecule has 0 fully saturated rings. The quantitative estimate of drug-likeness (QED) is 0.506. The number of thiophene rings is 1. The maximum atomic E-state index is 12.3. The highest BCUT2D eigenvalue weighted by Crippen LogP contribution is 2.25. The van der Waals surface area contributed by atoms with Gasteiger partial charge in [-0.25, -0.2) is 13.2 Å². The third-order valence-electron chi connectivity index (χ3n) is 2.62. The summed E-state index contributed by atoms with van der Waals surface area (Å²) in [6.45, 7) is 0. The third kappa shape index (κ3) is 3.23. The SMILES string of the molecule is COC(=O)c1sccc1S(=O)(=O)Nc1ccc([N+](=O)[O-])cc1. The molecule has 1 N–H and O–H groups in total. The lowest BCUT2D eigenvalue weighted by molar-refractivity contribution is -0.384. The molecule has 0 aliphatic heterocycles. The van der Waals surface area contributed by atoms with Crippen LogP contribution in [0.5, 0.6) is 0 Å². The summed E-state index contributed by atoms with van der Waals surface area (Å²) >= 11 is 0.943. The highest BCUT2D eigenvalue weighted by Gasteiger charge is 2.24. The number of anilines is 1. The van der Waals surface area contributed by atoms with Gasteiger partial charge in [0.2, 0.25) is 0 Å². The Morgan fingerprint density at radius 1 is 1.27 bits per heavy atom. The number of nitro benzene ring substituents is 1. The summed E-state index contributed by atoms with van der Waals surface area (Å²) in [4.78, 5) is 21.2. The number of nitro groups is 1. The maximum Gasteiger partial charge on any atom is 0.349 e. The van der Waals surface area contributed by atoms with Crippen LogP contribution < -0.4 is 4.72 Å². The number of ether oxygens (including phenoxy) is 1. The molecule has 0 bridgehead atoms. The maximum absolute atomic E-state index is 12.3. The molecule has 2 rings (SSSR count). The molecule has 10 heteroatoms. The van der Waals surface area contributed by atoms with E-state index in [4.69, 9.17) is 0 Å². The van der Waals surface area contributed by atoms with Crippen molar-refractivity contribution in [3.63, 3.8) is 0 Å². The first-order valence-electron chi connectivity index (χ1n) is 5.78. The van der Waals surface area contributed by atoms with Crippen molar-refractivity contribution in [1.82, 2.24) is 0 Å². The van der Waals surface area contributed by atoms with Gasteiger partial charge in [0.15, 0.2) is 0 Å². The number of esters is 1. The average Bonchev–Trinajstić information content (AvgIpc) is 2.97. The number of hydrogen-bond donors (Lipinski definition) is 1. The first-order valence-corrected chi connectivity index (χ1v) is 8.14. The number of rotatable bonds is 5. The monoisotopic (exact) mass is 342 g/mol. The van der Waals surface area contributed by atoms with Crippen molar-refractivity contribution in [2.75, 3.05) is 11.8 Å². The van der Waals surface area contributed by atoms with Crippen LogP contribution in [0.2, 0.25) is 0 Å². The first-order chi connectivity index (χ1) is 10.3. The van der Waals surface area contributed by atoms with Crippen molar-refractivity contribution in [3.8, 4) is 0 Å². The van der Waals surface area contributed by atoms with Gasteiger partial charge in [-0.05, 0) is 23.6 Å². The fourth-order valence-electron chi connectivity index (χ4n) is 1.61. The largest absolute Gasteiger partial charge is 0.465 e. The molecule has 8 nitrogen and oxygen atoms in total. The Balaban J connectivity index is 2.30. The second-order valence-electron chi connectivity index (χ2n) is 4.02. The topological polar surface area (TPSA) is 116 Å². The Morgan fingerprint density at radius 2 is 1.91 bits per heavy atom. The number of hydrogen-bond acceptors (Lipinski definition) is 7. The van der Waals surface area contributed by atoms with Crippen LogP contribution in [0.3, 0.4) is 0 Å². The number of non-ortho nitro benzene ring substituents is 1. The lowest BCUT2D eigenvalue weighted by Gasteiger charge is -2.08. The van der Waals surface area contributed by atoms with E-state index in [1.54, 1.807) is 0 Å². The number of sulfonamides is 1. The van der Waals surface area contributed by atoms with Crippen LogP contribution in [-0.4, -0.2) is 26.4 Å². The van der Waals surface area contributed by atoms with E-state index in [0.717, 1.165) is 18.4 Å². The molecule has 0 spiro atoms. The molecule has 0 aliphatic rings. The van der Waals surface area contributed by atoms with Crippen LogP contribution in [0.4, 0.5) is 11.4 Å². The predicted octanol–water partition coefficient (Wildman–Crippen LogP) is 2.24. The summed E-state index contributed by atoms with van der Waals surface area (Å²) in [5, 5.41) is 12.0. The Hall–Kier alpha value is -2.46. The van der Waals surface area contributed by atoms with Crippen LogP contribution >= 0.6 is 11.3 Å². The molecule has 1 aromatic carbocycles. The fourth-order valence-corrected chi connectivity index (χ4v) is 4.01. The molecule has 0 atom stereocenters. The molecular weight excluding hydrogens is 332 g/mol. The molecule has 22 heavy (non-hydrogen) atoms. The van der Waals surface area contributed by atoms with E-state index in [-0.39, 0.29) is 21.1 Å². The standard InChI is InChI=1S/C12H10N2O6S2/c1-20-12(15)11-10(6-7-21-11)22(18,19)13-8-2-4-9(5-3-8)14(16)17/h2-7,13H,1H3. The summed E-state index contributed by atoms with van der Waals surface area (Å²) in [5.41, 5.74) is -0.0126. The number of carbonyl (C=O) groups is 1. The first kappa shape index (κ1) is 15.9. The number of benzene rings is 1. The molecule has 0 unspecified atom stereocenters. The summed E-state index contributed by atoms with van der Waals surface area (Å²) in [5.74, 6) is -0.751. The minimum atomic E-state index is -4.00. The van der Waals surface area contributed by atoms with E-state index in [0.29, 0.717) is 0 Å². The molecule has 1 heterocycles. The third-order valence-corrected chi connectivity index (χ3v) is 5.07. The lowest BCUT2D eigenvalue weighted by atomic mass is 10.3. The highest BCUT2D eigenvalue weighted by molar-refractivity contribution is 7.93. The van der Waals surface area contributed by atoms with Crippen molar-refractivity contribution < 1.29 is 22.9 Å². The van der Waals surface area contributed by atoms with Gasteiger partial charge in [-0.3, -0.25) is 14.8 Å². The van der Waals surface area contributed by atoms with Gasteiger partial charge in [0.1, 0.15) is 9.77 Å². The Morgan fingerprint density at radius 3 is 2.45 bits per heavy atom. The van der Waals surface area contributed by atoms with E-state index in [2.05, 4.69) is 9.46 Å². The summed E-state index contributed by atoms with van der Waals surface area (Å²) in [6, 6.07) is 6.16. The normalized spacial score (nSPS) is 11.0. The van der Waals surface area contributed by atoms with E-state index in [1.807, 2.05) is 0 Å². The van der Waals surface area contributed by atoms with Crippen molar-refractivity contribution in [2.24, 2.45) is 0 Å². The van der Waals surface area contributed by atoms with Crippen molar-refractivity contribution in [3.05, 3.63) is 50.7 Å². The van der Waals surface area contributed by atoms with Crippen LogP contribution in [0, 0.1) is 10.1 Å². The molecule has 0 saturated carbocycles. The molecular formula is C12H10N2O6S2. The lowest BCUT2D eigenvalue weighted by Crippen LogP contribution is -2.15. The zero-order valence-electron chi connectivity index (χ0n) is 11.2. The predicted molar refractivity (Wildman–Crippen MR) is 79.6 cm³/mol. The summed E-state index contributed by atoms with van der Waals surface area (Å²) in [6.07, 6.45) is 0. The van der Waals surface area contributed by atoms with Gasteiger partial charge in [0.05, 0.1) is 12.0 Å². The van der Waals surface area contributed by atoms with Gasteiger partial charge < -0.3 is 4.74 Å². The van der Waals surface area contributed by atoms with Gasteiger partial charge in [0, 0.05) is 17.8 Å². The van der Waals surface area contributed by atoms with Gasteiger partial charge in [-0.15, -0.1) is 11.3 Å². The Kier molecular flexibility index (Phi) is 4.43. The molecule has 1 aromatic heterocycles. The number of carbonyl (C=O) groups excluding carboxylic acids is 1. The molecule has 0 aliphatic carbocycles. The van der Waals surface area contributed by atoms with Crippen LogP contribution in [0.1, 0.15) is 9.67 Å². The average molecular weight is 342 g/mol. The number of nitrogens with zero attached hydrogens (tertiary/aromatic N) is 1. The van der Waals surface area contributed by atoms with Gasteiger partial charge in [0.25, 0.3) is 15.7 Å². The van der Waals surface area contributed by atoms with E-state index in [9.17, 15) is 23.3 Å². The number of methoxy groups -OCH3 is 1. The van der Waals surface area contributed by atoms with Crippen LogP contribution in [0.15, 0.2) is 40.6 Å². The zero-order valence-corrected chi connectivity index (χ0v) is 12.8. The van der Waals surface area contributed by atoms with Gasteiger partial charge in [-0.2, -0.15) is 0 Å². The molecule has 0 radical (unpaired) electrons. The summed E-state index contributed by atoms with van der Waals surface area (Å²) < 4.78 is 31.3.